The lowest BCUT2D eigenvalue weighted by atomic mass is 10.2. The van der Waals surface area contributed by atoms with Crippen LogP contribution < -0.4 is 5.11 Å². The van der Waals surface area contributed by atoms with Crippen molar-refractivity contribution in [1.29, 1.82) is 0 Å². The van der Waals surface area contributed by atoms with Gasteiger partial charge in [0.15, 0.2) is 6.54 Å². The Labute approximate surface area is 52.1 Å². The first-order chi connectivity index (χ1) is 4.22. The van der Waals surface area contributed by atoms with Gasteiger partial charge in [-0.1, -0.05) is 0 Å². The van der Waals surface area contributed by atoms with E-state index in [1.54, 1.807) is 0 Å². The number of carboxylic acid groups (broad SMARTS) is 1. The molecule has 1 aliphatic rings. The molecule has 1 rings (SSSR count). The summed E-state index contributed by atoms with van der Waals surface area (Å²) in [6, 6.07) is -0.884. The molecular formula is C5H7NO3. The van der Waals surface area contributed by atoms with Crippen LogP contribution in [0.5, 0.6) is 0 Å². The van der Waals surface area contributed by atoms with Crippen LogP contribution in [0.2, 0.25) is 0 Å². The molecular weight excluding hydrogens is 122 g/mol. The maximum Gasteiger partial charge on any atom is 0.240 e. The third-order valence-corrected chi connectivity index (χ3v) is 1.48. The predicted octanol–water partition coefficient (Wildman–Crippen LogP) is -1.32. The predicted molar refractivity (Wildman–Crippen MR) is 26.5 cm³/mol. The van der Waals surface area contributed by atoms with Gasteiger partial charge in [-0.3, -0.25) is 0 Å². The second-order valence-corrected chi connectivity index (χ2v) is 2.12. The number of nitroso groups, excluding NO2 is 1. The fourth-order valence-electron chi connectivity index (χ4n) is 0.976. The van der Waals surface area contributed by atoms with Crippen LogP contribution >= 0.6 is 0 Å². The molecule has 0 aliphatic carbocycles. The standard InChI is InChI=1S/C5H7NO3/c7-5(8)4-2-1-3-6(4)9/h4H,1-3H2. The van der Waals surface area contributed by atoms with Crippen LogP contribution in [0, 0.1) is 4.91 Å². The molecule has 1 heterocycles. The van der Waals surface area contributed by atoms with Gasteiger partial charge in [0.1, 0.15) is 5.97 Å². The van der Waals surface area contributed by atoms with Crippen molar-refractivity contribution in [3.63, 3.8) is 0 Å². The molecule has 4 heteroatoms. The molecule has 1 saturated heterocycles. The van der Waals surface area contributed by atoms with Crippen LogP contribution in [-0.4, -0.2) is 23.3 Å². The Morgan fingerprint density at radius 3 is 2.56 bits per heavy atom. The number of nitrogens with zero attached hydrogens (tertiary/aromatic N) is 1. The van der Waals surface area contributed by atoms with Gasteiger partial charge in [0.2, 0.25) is 6.04 Å². The van der Waals surface area contributed by atoms with E-state index in [-0.39, 0.29) is 0 Å². The van der Waals surface area contributed by atoms with E-state index < -0.39 is 12.0 Å². The first-order valence-corrected chi connectivity index (χ1v) is 2.86. The molecule has 9 heavy (non-hydrogen) atoms. The molecule has 0 N–H and O–H groups in total. The molecule has 50 valence electrons. The van der Waals surface area contributed by atoms with E-state index in [2.05, 4.69) is 0 Å². The largest absolute Gasteiger partial charge is 0.543 e. The smallest absolute Gasteiger partial charge is 0.240 e. The lowest BCUT2D eigenvalue weighted by Gasteiger charge is -1.99. The summed E-state index contributed by atoms with van der Waals surface area (Å²) in [7, 11) is 0. The second kappa shape index (κ2) is 2.13. The molecule has 1 unspecified atom stereocenters. The highest BCUT2D eigenvalue weighted by atomic mass is 16.4. The van der Waals surface area contributed by atoms with Crippen molar-refractivity contribution in [2.75, 3.05) is 6.54 Å². The Morgan fingerprint density at radius 1 is 1.67 bits per heavy atom. The van der Waals surface area contributed by atoms with Gasteiger partial charge in [-0.25, -0.2) is 0 Å². The minimum Gasteiger partial charge on any atom is -0.543 e. The number of aliphatic carboxylic acids is 1. The number of carbonyl (C=O) groups excluding carboxylic acids is 1. The number of hydrogen-bond donors (Lipinski definition) is 0. The van der Waals surface area contributed by atoms with E-state index in [0.717, 1.165) is 0 Å². The molecule has 1 atom stereocenters. The summed E-state index contributed by atoms with van der Waals surface area (Å²) in [6.45, 7) is 0.332. The van der Waals surface area contributed by atoms with Crippen LogP contribution in [-0.2, 0) is 4.79 Å². The van der Waals surface area contributed by atoms with Gasteiger partial charge >= 0.3 is 0 Å². The van der Waals surface area contributed by atoms with Crippen molar-refractivity contribution in [3.8, 4) is 0 Å². The molecule has 0 aromatic carbocycles. The van der Waals surface area contributed by atoms with Crippen LogP contribution in [0.15, 0.2) is 0 Å². The van der Waals surface area contributed by atoms with E-state index in [4.69, 9.17) is 0 Å². The average molecular weight is 129 g/mol. The Kier molecular flexibility index (Phi) is 1.46. The van der Waals surface area contributed by atoms with Crippen LogP contribution in [0.1, 0.15) is 12.8 Å². The monoisotopic (exact) mass is 129 g/mol. The Morgan fingerprint density at radius 2 is 2.33 bits per heavy atom. The molecule has 0 aromatic rings. The van der Waals surface area contributed by atoms with Gasteiger partial charge in [0.05, 0.1) is 0 Å². The third-order valence-electron chi connectivity index (χ3n) is 1.48. The highest BCUT2D eigenvalue weighted by Crippen LogP contribution is 2.09. The highest BCUT2D eigenvalue weighted by molar-refractivity contribution is 5.69. The molecule has 0 amide bonds. The van der Waals surface area contributed by atoms with Crippen LogP contribution in [0.25, 0.3) is 0 Å². The molecule has 0 saturated carbocycles. The van der Waals surface area contributed by atoms with Crippen molar-refractivity contribution < 1.29 is 14.7 Å². The molecule has 4 nitrogen and oxygen atoms in total. The first kappa shape index (κ1) is 6.19. The Hall–Kier alpha value is -0.930. The zero-order valence-electron chi connectivity index (χ0n) is 4.87. The SMILES string of the molecule is O=C([O-])C1CCC[N+]1=O. The molecule has 0 spiro atoms. The van der Waals surface area contributed by atoms with Gasteiger partial charge in [-0.2, -0.15) is 0 Å². The highest BCUT2D eigenvalue weighted by Gasteiger charge is 2.32. The van der Waals surface area contributed by atoms with Gasteiger partial charge in [-0.15, -0.1) is 0 Å². The number of carbonyl (C=O) groups is 1. The number of rotatable bonds is 1. The van der Waals surface area contributed by atoms with Crippen molar-refractivity contribution in [2.24, 2.45) is 0 Å². The second-order valence-electron chi connectivity index (χ2n) is 2.12. The first-order valence-electron chi connectivity index (χ1n) is 2.86. The van der Waals surface area contributed by atoms with Gasteiger partial charge < -0.3 is 9.90 Å². The van der Waals surface area contributed by atoms with E-state index in [9.17, 15) is 14.8 Å². The van der Waals surface area contributed by atoms with E-state index >= 15 is 0 Å². The zero-order chi connectivity index (χ0) is 6.85. The fraction of sp³-hybridized carbons (Fsp3) is 0.800. The van der Waals surface area contributed by atoms with E-state index in [0.29, 0.717) is 24.1 Å². The van der Waals surface area contributed by atoms with Gasteiger partial charge in [-0.05, 0) is 0 Å². The Bertz CT molecular complexity index is 154. The summed E-state index contributed by atoms with van der Waals surface area (Å²) in [4.78, 5) is 20.6. The van der Waals surface area contributed by atoms with Crippen LogP contribution in [0.4, 0.5) is 0 Å². The maximum atomic E-state index is 10.5. The van der Waals surface area contributed by atoms with Crippen molar-refractivity contribution >= 4 is 5.97 Å². The molecule has 1 aliphatic heterocycles. The zero-order valence-corrected chi connectivity index (χ0v) is 4.87. The quantitative estimate of drug-likeness (QED) is 0.412. The maximum absolute atomic E-state index is 10.5. The van der Waals surface area contributed by atoms with Gasteiger partial charge in [0, 0.05) is 22.5 Å². The van der Waals surface area contributed by atoms with Crippen molar-refractivity contribution in [3.05, 3.63) is 4.91 Å². The topological polar surface area (TPSA) is 60.2 Å². The number of hydrogen-bond acceptors (Lipinski definition) is 3. The summed E-state index contributed by atoms with van der Waals surface area (Å²) in [6.07, 6.45) is 1.11. The fourth-order valence-corrected chi connectivity index (χ4v) is 0.976. The van der Waals surface area contributed by atoms with Crippen molar-refractivity contribution in [1.82, 2.24) is 0 Å². The normalized spacial score (nSPS) is 26.7. The molecule has 0 aromatic heterocycles. The Balaban J connectivity index is 2.60. The summed E-state index contributed by atoms with van der Waals surface area (Å²) in [5.74, 6) is -1.25. The van der Waals surface area contributed by atoms with Crippen LogP contribution in [0.3, 0.4) is 0 Å². The lowest BCUT2D eigenvalue weighted by Crippen LogP contribution is -2.39. The summed E-state index contributed by atoms with van der Waals surface area (Å²) in [5.41, 5.74) is 0. The third kappa shape index (κ3) is 1.06. The molecule has 1 fully saturated rings. The molecule has 0 bridgehead atoms. The molecule has 0 radical (unpaired) electrons. The number of carboxylic acids is 1. The lowest BCUT2D eigenvalue weighted by molar-refractivity contribution is -0.562. The van der Waals surface area contributed by atoms with E-state index in [1.807, 2.05) is 0 Å². The summed E-state index contributed by atoms with van der Waals surface area (Å²) >= 11 is 0. The average Bonchev–Trinajstić information content (AvgIpc) is 2.13. The minimum atomic E-state index is -1.25. The van der Waals surface area contributed by atoms with Crippen molar-refractivity contribution in [2.45, 2.75) is 18.9 Å². The van der Waals surface area contributed by atoms with Gasteiger partial charge in [0.25, 0.3) is 0 Å². The summed E-state index contributed by atoms with van der Waals surface area (Å²) in [5, 5.41) is 10.1. The minimum absolute atomic E-state index is 0.332. The summed E-state index contributed by atoms with van der Waals surface area (Å²) < 4.78 is 0.565. The van der Waals surface area contributed by atoms with E-state index in [1.165, 1.54) is 0 Å².